The van der Waals surface area contributed by atoms with Crippen LogP contribution in [0.3, 0.4) is 0 Å². The van der Waals surface area contributed by atoms with Gasteiger partial charge in [-0.3, -0.25) is 4.79 Å². The molecule has 0 spiro atoms. The van der Waals surface area contributed by atoms with Crippen molar-refractivity contribution in [2.24, 2.45) is 0 Å². The molecule has 0 saturated carbocycles. The standard InChI is InChI=1S/C9H17F3N2OS/c1-8(2,16-3)14-6-4-5-13-7(15)9(10,11)12/h14H,4-6H2,1-3H3,(H,13,15). The van der Waals surface area contributed by atoms with Gasteiger partial charge in [0.25, 0.3) is 0 Å². The van der Waals surface area contributed by atoms with Gasteiger partial charge in [-0.25, -0.2) is 0 Å². The van der Waals surface area contributed by atoms with Crippen molar-refractivity contribution in [3.63, 3.8) is 0 Å². The van der Waals surface area contributed by atoms with Gasteiger partial charge in [-0.1, -0.05) is 0 Å². The van der Waals surface area contributed by atoms with E-state index in [1.165, 1.54) is 0 Å². The smallest absolute Gasteiger partial charge is 0.348 e. The van der Waals surface area contributed by atoms with Crippen LogP contribution in [0.5, 0.6) is 0 Å². The molecule has 0 aromatic heterocycles. The van der Waals surface area contributed by atoms with Gasteiger partial charge in [-0.05, 0) is 33.1 Å². The van der Waals surface area contributed by atoms with E-state index in [9.17, 15) is 18.0 Å². The fourth-order valence-corrected chi connectivity index (χ4v) is 1.10. The highest BCUT2D eigenvalue weighted by atomic mass is 32.2. The lowest BCUT2D eigenvalue weighted by Gasteiger charge is -2.23. The van der Waals surface area contributed by atoms with Crippen LogP contribution in [0.1, 0.15) is 20.3 Å². The van der Waals surface area contributed by atoms with Crippen LogP contribution in [0.2, 0.25) is 0 Å². The highest BCUT2D eigenvalue weighted by molar-refractivity contribution is 7.99. The molecule has 2 N–H and O–H groups in total. The zero-order valence-corrected chi connectivity index (χ0v) is 10.4. The minimum Gasteiger partial charge on any atom is -0.348 e. The number of hydrogen-bond donors (Lipinski definition) is 2. The molecule has 0 unspecified atom stereocenters. The van der Waals surface area contributed by atoms with Gasteiger partial charge < -0.3 is 10.6 Å². The number of carbonyl (C=O) groups is 1. The van der Waals surface area contributed by atoms with E-state index < -0.39 is 12.1 Å². The zero-order valence-electron chi connectivity index (χ0n) is 9.57. The van der Waals surface area contributed by atoms with Crippen molar-refractivity contribution in [1.29, 1.82) is 0 Å². The quantitative estimate of drug-likeness (QED) is 0.563. The normalized spacial score (nSPS) is 12.6. The highest BCUT2D eigenvalue weighted by Gasteiger charge is 2.38. The van der Waals surface area contributed by atoms with Crippen molar-refractivity contribution in [2.45, 2.75) is 31.3 Å². The summed E-state index contributed by atoms with van der Waals surface area (Å²) in [5.41, 5.74) is 0. The summed E-state index contributed by atoms with van der Waals surface area (Å²) in [6.07, 6.45) is -2.38. The monoisotopic (exact) mass is 258 g/mol. The summed E-state index contributed by atoms with van der Waals surface area (Å²) in [6, 6.07) is 0. The molecule has 0 fully saturated rings. The average Bonchev–Trinajstić information content (AvgIpc) is 2.15. The van der Waals surface area contributed by atoms with Gasteiger partial charge in [-0.2, -0.15) is 13.2 Å². The fraction of sp³-hybridized carbons (Fsp3) is 0.889. The van der Waals surface area contributed by atoms with Crippen molar-refractivity contribution < 1.29 is 18.0 Å². The Morgan fingerprint density at radius 1 is 1.25 bits per heavy atom. The molecule has 0 aromatic carbocycles. The molecule has 0 aromatic rings. The van der Waals surface area contributed by atoms with E-state index in [0.29, 0.717) is 13.0 Å². The Kier molecular flexibility index (Phi) is 6.17. The number of hydrogen-bond acceptors (Lipinski definition) is 3. The number of halogens is 3. The molecule has 96 valence electrons. The number of alkyl halides is 3. The lowest BCUT2D eigenvalue weighted by Crippen LogP contribution is -2.40. The first-order valence-corrected chi connectivity index (χ1v) is 6.07. The van der Waals surface area contributed by atoms with Crippen LogP contribution in [0.15, 0.2) is 0 Å². The third kappa shape index (κ3) is 6.95. The van der Waals surface area contributed by atoms with Gasteiger partial charge in [0.05, 0.1) is 4.87 Å². The maximum Gasteiger partial charge on any atom is 0.471 e. The number of amides is 1. The molecule has 0 aliphatic carbocycles. The predicted octanol–water partition coefficient (Wildman–Crippen LogP) is 1.74. The van der Waals surface area contributed by atoms with Crippen molar-refractivity contribution >= 4 is 17.7 Å². The third-order valence-electron chi connectivity index (χ3n) is 1.96. The van der Waals surface area contributed by atoms with Crippen molar-refractivity contribution in [2.75, 3.05) is 19.3 Å². The van der Waals surface area contributed by atoms with Crippen molar-refractivity contribution in [3.8, 4) is 0 Å². The molecule has 0 radical (unpaired) electrons. The Balaban J connectivity index is 3.59. The van der Waals surface area contributed by atoms with Crippen molar-refractivity contribution in [3.05, 3.63) is 0 Å². The minimum absolute atomic E-state index is 0.0236. The Morgan fingerprint density at radius 3 is 2.25 bits per heavy atom. The highest BCUT2D eigenvalue weighted by Crippen LogP contribution is 2.16. The second-order valence-electron chi connectivity index (χ2n) is 3.75. The Bertz CT molecular complexity index is 231. The Labute approximate surface area is 97.5 Å². The Hall–Kier alpha value is -0.430. The van der Waals surface area contributed by atoms with Gasteiger partial charge in [0.1, 0.15) is 0 Å². The molecule has 16 heavy (non-hydrogen) atoms. The summed E-state index contributed by atoms with van der Waals surface area (Å²) in [6.45, 7) is 4.54. The molecule has 0 saturated heterocycles. The Morgan fingerprint density at radius 2 is 1.81 bits per heavy atom. The predicted molar refractivity (Wildman–Crippen MR) is 59.3 cm³/mol. The first-order valence-electron chi connectivity index (χ1n) is 4.84. The summed E-state index contributed by atoms with van der Waals surface area (Å²) in [7, 11) is 0. The molecule has 0 aliphatic rings. The molecule has 0 aliphatic heterocycles. The van der Waals surface area contributed by atoms with Gasteiger partial charge in [0.15, 0.2) is 0 Å². The molecule has 0 rings (SSSR count). The summed E-state index contributed by atoms with van der Waals surface area (Å²) in [5, 5.41) is 4.97. The van der Waals surface area contributed by atoms with Crippen LogP contribution in [-0.4, -0.2) is 36.3 Å². The number of rotatable bonds is 6. The first kappa shape index (κ1) is 15.6. The molecule has 7 heteroatoms. The minimum atomic E-state index is -4.79. The molecule has 3 nitrogen and oxygen atoms in total. The maximum atomic E-state index is 11.8. The summed E-state index contributed by atoms with van der Waals surface area (Å²) >= 11 is 1.62. The molecule has 0 heterocycles. The van der Waals surface area contributed by atoms with Gasteiger partial charge in [0.2, 0.25) is 0 Å². The second kappa shape index (κ2) is 6.34. The van der Waals surface area contributed by atoms with Gasteiger partial charge in [0, 0.05) is 6.54 Å². The summed E-state index contributed by atoms with van der Waals surface area (Å²) in [5.74, 6) is -1.88. The molecule has 1 amide bonds. The third-order valence-corrected chi connectivity index (χ3v) is 3.12. The van der Waals surface area contributed by atoms with Crippen LogP contribution >= 0.6 is 11.8 Å². The average molecular weight is 258 g/mol. The largest absolute Gasteiger partial charge is 0.471 e. The van der Waals surface area contributed by atoms with E-state index in [-0.39, 0.29) is 11.4 Å². The molecular formula is C9H17F3N2OS. The van der Waals surface area contributed by atoms with Gasteiger partial charge in [-0.15, -0.1) is 11.8 Å². The van der Waals surface area contributed by atoms with Crippen LogP contribution in [0.4, 0.5) is 13.2 Å². The SMILES string of the molecule is CSC(C)(C)NCCCNC(=O)C(F)(F)F. The van der Waals surface area contributed by atoms with E-state index in [2.05, 4.69) is 5.32 Å². The zero-order chi connectivity index (χ0) is 12.8. The van der Waals surface area contributed by atoms with E-state index in [1.54, 1.807) is 11.8 Å². The lowest BCUT2D eigenvalue weighted by molar-refractivity contribution is -0.173. The van der Waals surface area contributed by atoms with Gasteiger partial charge >= 0.3 is 12.1 Å². The van der Waals surface area contributed by atoms with E-state index >= 15 is 0 Å². The molecule has 0 atom stereocenters. The summed E-state index contributed by atoms with van der Waals surface area (Å²) in [4.78, 5) is 10.3. The first-order chi connectivity index (χ1) is 7.19. The number of nitrogens with one attached hydrogen (secondary N) is 2. The lowest BCUT2D eigenvalue weighted by atomic mass is 10.3. The number of carbonyl (C=O) groups excluding carboxylic acids is 1. The van der Waals surface area contributed by atoms with Crippen molar-refractivity contribution in [1.82, 2.24) is 10.6 Å². The maximum absolute atomic E-state index is 11.8. The van der Waals surface area contributed by atoms with E-state index in [4.69, 9.17) is 0 Å². The van der Waals surface area contributed by atoms with Crippen LogP contribution < -0.4 is 10.6 Å². The molecule has 0 bridgehead atoms. The second-order valence-corrected chi connectivity index (χ2v) is 5.18. The van der Waals surface area contributed by atoms with E-state index in [1.807, 2.05) is 25.4 Å². The summed E-state index contributed by atoms with van der Waals surface area (Å²) < 4.78 is 35.3. The topological polar surface area (TPSA) is 41.1 Å². The van der Waals surface area contributed by atoms with Crippen LogP contribution in [0, 0.1) is 0 Å². The molecular weight excluding hydrogens is 241 g/mol. The number of thioether (sulfide) groups is 1. The van der Waals surface area contributed by atoms with Crippen LogP contribution in [-0.2, 0) is 4.79 Å². The van der Waals surface area contributed by atoms with Crippen LogP contribution in [0.25, 0.3) is 0 Å². The fourth-order valence-electron chi connectivity index (χ4n) is 0.852. The van der Waals surface area contributed by atoms with E-state index in [0.717, 1.165) is 0 Å².